The van der Waals surface area contributed by atoms with Crippen LogP contribution in [0.1, 0.15) is 12.7 Å². The van der Waals surface area contributed by atoms with Gasteiger partial charge in [-0.15, -0.1) is 0 Å². The SMILES string of the molecule is C=c1ccccc(=C)[nH]c(CC)n1. The molecule has 2 nitrogen and oxygen atoms in total. The predicted octanol–water partition coefficient (Wildman–Crippen LogP) is 0.917. The number of aromatic amines is 1. The number of rotatable bonds is 1. The topological polar surface area (TPSA) is 28.7 Å². The first-order valence-electron chi connectivity index (χ1n) is 4.29. The number of hydrogen-bond acceptors (Lipinski definition) is 1. The first-order chi connectivity index (χ1) is 6.22. The van der Waals surface area contributed by atoms with E-state index < -0.39 is 0 Å². The van der Waals surface area contributed by atoms with E-state index in [1.807, 2.05) is 31.2 Å². The summed E-state index contributed by atoms with van der Waals surface area (Å²) in [6, 6.07) is 7.58. The molecule has 0 aliphatic rings. The molecule has 13 heavy (non-hydrogen) atoms. The molecule has 0 amide bonds. The molecule has 0 unspecified atom stereocenters. The molecule has 0 saturated carbocycles. The molecule has 0 saturated heterocycles. The molecule has 0 spiro atoms. The van der Waals surface area contributed by atoms with Gasteiger partial charge in [-0.1, -0.05) is 32.2 Å². The molecule has 1 aromatic heterocycles. The second-order valence-corrected chi connectivity index (χ2v) is 2.77. The molecular formula is C11H14N2. The van der Waals surface area contributed by atoms with E-state index in [4.69, 9.17) is 0 Å². The second-order valence-electron chi connectivity index (χ2n) is 2.77. The molecule has 0 aliphatic heterocycles. The number of nitrogens with one attached hydrogen (secondary N) is 1. The summed E-state index contributed by atoms with van der Waals surface area (Å²) in [4.78, 5) is 7.40. The average Bonchev–Trinajstić information content (AvgIpc) is 2.17. The number of hydrogen-bond donors (Lipinski definition) is 1. The summed E-state index contributed by atoms with van der Waals surface area (Å²) in [5.74, 6) is 0.895. The number of aryl methyl sites for hydroxylation is 1. The zero-order valence-corrected chi connectivity index (χ0v) is 7.88. The fraction of sp³-hybridized carbons (Fsp3) is 0.182. The summed E-state index contributed by atoms with van der Waals surface area (Å²) in [7, 11) is 0. The van der Waals surface area contributed by atoms with Crippen LogP contribution in [0.2, 0.25) is 0 Å². The summed E-state index contributed by atoms with van der Waals surface area (Å²) >= 11 is 0. The van der Waals surface area contributed by atoms with Crippen LogP contribution in [0, 0.1) is 0 Å². The highest BCUT2D eigenvalue weighted by Crippen LogP contribution is 1.78. The maximum Gasteiger partial charge on any atom is 0.106 e. The van der Waals surface area contributed by atoms with Gasteiger partial charge in [0.05, 0.1) is 5.35 Å². The van der Waals surface area contributed by atoms with Gasteiger partial charge in [-0.3, -0.25) is 0 Å². The van der Waals surface area contributed by atoms with Crippen molar-refractivity contribution in [2.45, 2.75) is 13.3 Å². The van der Waals surface area contributed by atoms with Crippen LogP contribution >= 0.6 is 0 Å². The third kappa shape index (κ3) is 3.11. The van der Waals surface area contributed by atoms with Crippen molar-refractivity contribution >= 4 is 13.2 Å². The molecule has 1 N–H and O–H groups in total. The lowest BCUT2D eigenvalue weighted by Gasteiger charge is -1.89. The molecule has 0 radical (unpaired) electrons. The Bertz CT molecular complexity index is 378. The molecule has 1 rings (SSSR count). The van der Waals surface area contributed by atoms with Crippen molar-refractivity contribution in [1.82, 2.24) is 9.97 Å². The number of nitrogens with zero attached hydrogens (tertiary/aromatic N) is 1. The van der Waals surface area contributed by atoms with E-state index in [0.717, 1.165) is 22.9 Å². The fourth-order valence-electron chi connectivity index (χ4n) is 0.971. The van der Waals surface area contributed by atoms with Gasteiger partial charge in [0.15, 0.2) is 0 Å². The van der Waals surface area contributed by atoms with Crippen LogP contribution in [0.5, 0.6) is 0 Å². The van der Waals surface area contributed by atoms with Crippen molar-refractivity contribution < 1.29 is 0 Å². The van der Waals surface area contributed by atoms with Crippen molar-refractivity contribution in [3.05, 3.63) is 40.8 Å². The van der Waals surface area contributed by atoms with E-state index in [1.54, 1.807) is 0 Å². The lowest BCUT2D eigenvalue weighted by Crippen LogP contribution is -2.08. The third-order valence-corrected chi connectivity index (χ3v) is 1.62. The predicted molar refractivity (Wildman–Crippen MR) is 55.9 cm³/mol. The van der Waals surface area contributed by atoms with E-state index in [0.29, 0.717) is 0 Å². The molecule has 0 aliphatic carbocycles. The first-order valence-corrected chi connectivity index (χ1v) is 4.29. The molecule has 0 bridgehead atoms. The molecular weight excluding hydrogens is 160 g/mol. The monoisotopic (exact) mass is 174 g/mol. The van der Waals surface area contributed by atoms with Gasteiger partial charge in [-0.05, 0) is 12.1 Å². The molecule has 1 aromatic rings. The highest BCUT2D eigenvalue weighted by molar-refractivity contribution is 5.03. The van der Waals surface area contributed by atoms with Gasteiger partial charge in [0.1, 0.15) is 5.82 Å². The largest absolute Gasteiger partial charge is 0.344 e. The van der Waals surface area contributed by atoms with Gasteiger partial charge < -0.3 is 4.98 Å². The minimum absolute atomic E-state index is 0.753. The van der Waals surface area contributed by atoms with E-state index in [2.05, 4.69) is 23.1 Å². The van der Waals surface area contributed by atoms with Gasteiger partial charge >= 0.3 is 0 Å². The first kappa shape index (κ1) is 9.52. The van der Waals surface area contributed by atoms with Crippen molar-refractivity contribution in [2.24, 2.45) is 0 Å². The molecule has 0 aromatic carbocycles. The average molecular weight is 174 g/mol. The van der Waals surface area contributed by atoms with Gasteiger partial charge in [-0.25, -0.2) is 4.98 Å². The Kier molecular flexibility index (Phi) is 3.26. The zero-order valence-electron chi connectivity index (χ0n) is 7.88. The van der Waals surface area contributed by atoms with Crippen LogP contribution in [0.4, 0.5) is 0 Å². The van der Waals surface area contributed by atoms with Crippen molar-refractivity contribution in [1.29, 1.82) is 0 Å². The Labute approximate surface area is 78.0 Å². The molecule has 1 heterocycles. The van der Waals surface area contributed by atoms with Crippen LogP contribution in [-0.4, -0.2) is 9.97 Å². The van der Waals surface area contributed by atoms with E-state index in [1.165, 1.54) is 0 Å². The lowest BCUT2D eigenvalue weighted by atomic mass is 10.4. The smallest absolute Gasteiger partial charge is 0.106 e. The van der Waals surface area contributed by atoms with Crippen LogP contribution in [0.25, 0.3) is 13.2 Å². The Morgan fingerprint density at radius 2 is 2.00 bits per heavy atom. The van der Waals surface area contributed by atoms with Crippen molar-refractivity contribution in [3.63, 3.8) is 0 Å². The maximum atomic E-state index is 4.29. The number of aromatic nitrogens is 2. The van der Waals surface area contributed by atoms with E-state index >= 15 is 0 Å². The van der Waals surface area contributed by atoms with E-state index in [9.17, 15) is 0 Å². The molecule has 0 atom stereocenters. The van der Waals surface area contributed by atoms with Crippen LogP contribution in [0.15, 0.2) is 24.3 Å². The molecule has 2 heteroatoms. The van der Waals surface area contributed by atoms with Crippen molar-refractivity contribution in [3.8, 4) is 0 Å². The molecule has 0 fully saturated rings. The number of H-pyrrole nitrogens is 1. The minimum atomic E-state index is 0.753. The highest BCUT2D eigenvalue weighted by atomic mass is 14.8. The van der Waals surface area contributed by atoms with Gasteiger partial charge in [0.2, 0.25) is 0 Å². The van der Waals surface area contributed by atoms with Gasteiger partial charge in [0, 0.05) is 11.8 Å². The Balaban J connectivity index is 3.51. The Morgan fingerprint density at radius 3 is 2.69 bits per heavy atom. The van der Waals surface area contributed by atoms with Crippen LogP contribution in [0.3, 0.4) is 0 Å². The Hall–Kier alpha value is -1.57. The minimum Gasteiger partial charge on any atom is -0.344 e. The van der Waals surface area contributed by atoms with Gasteiger partial charge in [0.25, 0.3) is 0 Å². The second kappa shape index (κ2) is 4.45. The fourth-order valence-corrected chi connectivity index (χ4v) is 0.971. The molecule has 68 valence electrons. The quantitative estimate of drug-likeness (QED) is 0.673. The normalized spacial score (nSPS) is 9.31. The van der Waals surface area contributed by atoms with Gasteiger partial charge in [-0.2, -0.15) is 0 Å². The Morgan fingerprint density at radius 1 is 1.31 bits per heavy atom. The highest BCUT2D eigenvalue weighted by Gasteiger charge is 1.83. The van der Waals surface area contributed by atoms with E-state index in [-0.39, 0.29) is 0 Å². The zero-order chi connectivity index (χ0) is 9.68. The van der Waals surface area contributed by atoms with Crippen molar-refractivity contribution in [2.75, 3.05) is 0 Å². The summed E-state index contributed by atoms with van der Waals surface area (Å²) in [5, 5.41) is 1.60. The lowest BCUT2D eigenvalue weighted by molar-refractivity contribution is 0.931. The summed E-state index contributed by atoms with van der Waals surface area (Å²) in [5.41, 5.74) is 0. The van der Waals surface area contributed by atoms with Crippen LogP contribution < -0.4 is 10.7 Å². The summed E-state index contributed by atoms with van der Waals surface area (Å²) < 4.78 is 0. The summed E-state index contributed by atoms with van der Waals surface area (Å²) in [6.07, 6.45) is 0.847. The van der Waals surface area contributed by atoms with Crippen LogP contribution in [-0.2, 0) is 6.42 Å². The maximum absolute atomic E-state index is 4.29. The summed E-state index contributed by atoms with van der Waals surface area (Å²) in [6.45, 7) is 9.68. The third-order valence-electron chi connectivity index (χ3n) is 1.62. The standard InChI is InChI=1S/C11H14N2/c1-4-11-12-9(2)7-5-6-8-10(3)13-11/h5-8H,2-4H2,1H3,(H,12,13).